The first-order valence-corrected chi connectivity index (χ1v) is 13.4. The molecule has 174 valence electrons. The van der Waals surface area contributed by atoms with Crippen molar-refractivity contribution in [2.75, 3.05) is 33.4 Å². The van der Waals surface area contributed by atoms with E-state index >= 15 is 0 Å². The minimum Gasteiger partial charge on any atom is -0.368 e. The lowest BCUT2D eigenvalue weighted by Gasteiger charge is -2.32. The molecule has 7 rings (SSSR count). The van der Waals surface area contributed by atoms with E-state index in [2.05, 4.69) is 63.4 Å². The highest BCUT2D eigenvalue weighted by Gasteiger charge is 2.41. The quantitative estimate of drug-likeness (QED) is 0.336. The molecule has 2 atom stereocenters. The molecule has 0 amide bonds. The Morgan fingerprint density at radius 2 is 2.15 bits per heavy atom. The number of piperazine rings is 1. The van der Waals surface area contributed by atoms with Crippen LogP contribution in [0.25, 0.3) is 22.5 Å². The highest BCUT2D eigenvalue weighted by molar-refractivity contribution is 7.11. The molecule has 2 aliphatic heterocycles. The van der Waals surface area contributed by atoms with Crippen molar-refractivity contribution in [2.24, 2.45) is 5.92 Å². The minimum absolute atomic E-state index is 0.523. The molecule has 2 unspecified atom stereocenters. The van der Waals surface area contributed by atoms with Crippen molar-refractivity contribution in [3.05, 3.63) is 51.2 Å². The highest BCUT2D eigenvalue weighted by atomic mass is 32.1. The number of likely N-dealkylation sites (N-methyl/N-ethyl adjacent to an activating group) is 1. The number of aromatic nitrogens is 2. The second-order valence-electron chi connectivity index (χ2n) is 10.5. The Hall–Kier alpha value is -2.43. The topological polar surface area (TPSA) is 44.4 Å². The summed E-state index contributed by atoms with van der Waals surface area (Å²) in [7, 11) is 2.27. The van der Waals surface area contributed by atoms with Crippen LogP contribution in [0.5, 0.6) is 0 Å². The van der Waals surface area contributed by atoms with Crippen LogP contribution in [0.1, 0.15) is 40.8 Å². The summed E-state index contributed by atoms with van der Waals surface area (Å²) in [5, 5.41) is 10.2. The van der Waals surface area contributed by atoms with Crippen LogP contribution in [-0.2, 0) is 17.7 Å². The predicted molar refractivity (Wildman–Crippen MR) is 136 cm³/mol. The maximum Gasteiger partial charge on any atom is 0.108 e. The molecular weight excluding hydrogens is 440 g/mol. The third kappa shape index (κ3) is 3.81. The molecule has 6 heteroatoms. The van der Waals surface area contributed by atoms with Crippen molar-refractivity contribution in [3.8, 4) is 34.4 Å². The number of nitrogens with one attached hydrogen (secondary N) is 1. The van der Waals surface area contributed by atoms with Gasteiger partial charge in [0.25, 0.3) is 0 Å². The predicted octanol–water partition coefficient (Wildman–Crippen LogP) is 4.38. The summed E-state index contributed by atoms with van der Waals surface area (Å²) in [5.74, 6) is 7.21. The summed E-state index contributed by atoms with van der Waals surface area (Å²) in [6.07, 6.45) is 4.92. The number of likely N-dealkylation sites (tertiary alicyclic amines) is 2. The molecule has 0 radical (unpaired) electrons. The molecule has 3 aromatic rings. The molecule has 1 N–H and O–H groups in total. The number of thiophene rings is 1. The van der Waals surface area contributed by atoms with Gasteiger partial charge in [-0.1, -0.05) is 30.0 Å². The molecule has 2 saturated heterocycles. The van der Waals surface area contributed by atoms with Crippen LogP contribution in [-0.4, -0.2) is 65.4 Å². The molecule has 5 nitrogen and oxygen atoms in total. The van der Waals surface area contributed by atoms with Crippen molar-refractivity contribution in [1.82, 2.24) is 20.0 Å². The minimum atomic E-state index is 0.523. The fraction of sp³-hybridized carbons (Fsp3) is 0.464. The van der Waals surface area contributed by atoms with Crippen LogP contribution in [0.2, 0.25) is 0 Å². The lowest BCUT2D eigenvalue weighted by atomic mass is 10.0. The summed E-state index contributed by atoms with van der Waals surface area (Å²) >= 11 is 1.69. The summed E-state index contributed by atoms with van der Waals surface area (Å²) in [6.45, 7) is 4.88. The Bertz CT molecular complexity index is 1290. The van der Waals surface area contributed by atoms with E-state index in [1.165, 1.54) is 60.3 Å². The van der Waals surface area contributed by atoms with Gasteiger partial charge < -0.3 is 9.64 Å². The Kier molecular flexibility index (Phi) is 5.13. The van der Waals surface area contributed by atoms with Crippen molar-refractivity contribution < 1.29 is 4.74 Å². The maximum absolute atomic E-state index is 5.63. The first kappa shape index (κ1) is 20.9. The van der Waals surface area contributed by atoms with Crippen LogP contribution >= 0.6 is 11.3 Å². The van der Waals surface area contributed by atoms with Crippen LogP contribution in [0.3, 0.4) is 0 Å². The molecular formula is C28H30N4OS. The first-order valence-electron chi connectivity index (χ1n) is 12.5. The fourth-order valence-corrected chi connectivity index (χ4v) is 6.67. The molecule has 1 saturated carbocycles. The standard InChI is InChI=1S/C28H30N4OS/c1-31-14-23-12-22(31)15-32(23)13-19-6-7-25-20(9-19)11-26-27(29-30-28(25)26)21-10-24(34-17-21)3-2-8-33-16-18-4-5-18/h6-7,9-10,17-18,22-23H,4-5,8,11-16H2,1H3,(H,29,30). The van der Waals surface area contributed by atoms with Crippen molar-refractivity contribution in [2.45, 2.75) is 44.3 Å². The SMILES string of the molecule is CN1CC2CC1CN2Cc1ccc2c(c1)Cc1c(-c3csc(C#CCOCC4CC4)c3)n[nH]c1-2. The van der Waals surface area contributed by atoms with Gasteiger partial charge in [0.1, 0.15) is 6.61 Å². The fourth-order valence-electron chi connectivity index (χ4n) is 5.91. The zero-order valence-corrected chi connectivity index (χ0v) is 20.5. The van der Waals surface area contributed by atoms with Crippen LogP contribution in [0.4, 0.5) is 0 Å². The third-order valence-corrected chi connectivity index (χ3v) is 8.84. The Balaban J connectivity index is 1.04. The second kappa shape index (κ2) is 8.35. The zero-order valence-electron chi connectivity index (χ0n) is 19.6. The summed E-state index contributed by atoms with van der Waals surface area (Å²) in [4.78, 5) is 6.28. The smallest absolute Gasteiger partial charge is 0.108 e. The molecule has 2 aliphatic carbocycles. The van der Waals surface area contributed by atoms with Crippen molar-refractivity contribution >= 4 is 11.3 Å². The molecule has 1 aromatic carbocycles. The Labute approximate surface area is 205 Å². The number of benzene rings is 1. The molecule has 2 aromatic heterocycles. The van der Waals surface area contributed by atoms with Gasteiger partial charge in [0.05, 0.1) is 22.9 Å². The zero-order chi connectivity index (χ0) is 22.6. The lowest BCUT2D eigenvalue weighted by molar-refractivity contribution is 0.143. The monoisotopic (exact) mass is 470 g/mol. The van der Waals surface area contributed by atoms with Crippen molar-refractivity contribution in [1.29, 1.82) is 0 Å². The molecule has 0 spiro atoms. The van der Waals surface area contributed by atoms with Gasteiger partial charge in [-0.2, -0.15) is 5.10 Å². The van der Waals surface area contributed by atoms with Gasteiger partial charge in [-0.15, -0.1) is 11.3 Å². The first-order chi connectivity index (χ1) is 16.7. The van der Waals surface area contributed by atoms with Gasteiger partial charge in [-0.25, -0.2) is 0 Å². The average molecular weight is 471 g/mol. The van der Waals surface area contributed by atoms with Gasteiger partial charge in [-0.05, 0) is 49.4 Å². The van der Waals surface area contributed by atoms with Crippen LogP contribution in [0.15, 0.2) is 29.6 Å². The summed E-state index contributed by atoms with van der Waals surface area (Å²) in [5.41, 5.74) is 8.91. The molecule has 3 fully saturated rings. The normalized spacial score (nSPS) is 23.2. The largest absolute Gasteiger partial charge is 0.368 e. The van der Waals surface area contributed by atoms with Crippen molar-refractivity contribution in [3.63, 3.8) is 0 Å². The maximum atomic E-state index is 5.63. The molecule has 2 bridgehead atoms. The van der Waals surface area contributed by atoms with E-state index in [1.807, 2.05) is 0 Å². The third-order valence-electron chi connectivity index (χ3n) is 8.00. The number of rotatable bonds is 6. The van der Waals surface area contributed by atoms with E-state index in [0.717, 1.165) is 53.7 Å². The van der Waals surface area contributed by atoms with E-state index in [4.69, 9.17) is 9.84 Å². The Morgan fingerprint density at radius 3 is 2.97 bits per heavy atom. The Morgan fingerprint density at radius 1 is 1.21 bits per heavy atom. The summed E-state index contributed by atoms with van der Waals surface area (Å²) in [6, 6.07) is 10.7. The summed E-state index contributed by atoms with van der Waals surface area (Å²) < 4.78 is 5.63. The van der Waals surface area contributed by atoms with Crippen LogP contribution < -0.4 is 0 Å². The van der Waals surface area contributed by atoms with Gasteiger partial charge >= 0.3 is 0 Å². The van der Waals surface area contributed by atoms with Gasteiger partial charge in [0, 0.05) is 60.2 Å². The van der Waals surface area contributed by atoms with E-state index in [0.29, 0.717) is 6.61 Å². The van der Waals surface area contributed by atoms with Crippen LogP contribution in [0, 0.1) is 17.8 Å². The average Bonchev–Trinajstić information content (AvgIpc) is 3.23. The van der Waals surface area contributed by atoms with Gasteiger partial charge in [0.15, 0.2) is 0 Å². The second-order valence-corrected chi connectivity index (χ2v) is 11.4. The molecule has 4 heterocycles. The number of aromatic amines is 1. The number of fused-ring (bicyclic) bond motifs is 5. The van der Waals surface area contributed by atoms with E-state index in [1.54, 1.807) is 11.3 Å². The van der Waals surface area contributed by atoms with Gasteiger partial charge in [0.2, 0.25) is 0 Å². The number of ether oxygens (including phenoxy) is 1. The molecule has 4 aliphatic rings. The lowest BCUT2D eigenvalue weighted by Crippen LogP contribution is -2.43. The number of hydrogen-bond donors (Lipinski definition) is 1. The number of H-pyrrole nitrogens is 1. The molecule has 34 heavy (non-hydrogen) atoms. The van der Waals surface area contributed by atoms with Gasteiger partial charge in [-0.3, -0.25) is 10.00 Å². The van der Waals surface area contributed by atoms with E-state index < -0.39 is 0 Å². The highest BCUT2D eigenvalue weighted by Crippen LogP contribution is 2.41. The van der Waals surface area contributed by atoms with E-state index in [9.17, 15) is 0 Å². The number of hydrogen-bond acceptors (Lipinski definition) is 5. The number of nitrogens with zero attached hydrogens (tertiary/aromatic N) is 3. The van der Waals surface area contributed by atoms with E-state index in [-0.39, 0.29) is 0 Å².